The van der Waals surface area contributed by atoms with Crippen molar-refractivity contribution in [3.63, 3.8) is 0 Å². The van der Waals surface area contributed by atoms with Crippen LogP contribution in [0.5, 0.6) is 0 Å². The smallest absolute Gasteiger partial charge is 0.237 e. The van der Waals surface area contributed by atoms with E-state index in [0.29, 0.717) is 19.8 Å². The summed E-state index contributed by atoms with van der Waals surface area (Å²) in [6.07, 6.45) is 2.04. The van der Waals surface area contributed by atoms with Crippen LogP contribution in [-0.2, 0) is 19.7 Å². The van der Waals surface area contributed by atoms with Crippen LogP contribution in [0.15, 0.2) is 24.3 Å². The van der Waals surface area contributed by atoms with E-state index in [1.807, 2.05) is 18.2 Å². The topological polar surface area (TPSA) is 50.8 Å². The van der Waals surface area contributed by atoms with Gasteiger partial charge in [0.2, 0.25) is 5.91 Å². The molecule has 2 aliphatic heterocycles. The maximum absolute atomic E-state index is 13.3. The molecule has 2 saturated heterocycles. The zero-order valence-corrected chi connectivity index (χ0v) is 18.9. The van der Waals surface area contributed by atoms with Crippen LogP contribution in [0.2, 0.25) is 5.02 Å². The van der Waals surface area contributed by atoms with Gasteiger partial charge in [0.1, 0.15) is 0 Å². The van der Waals surface area contributed by atoms with E-state index in [4.69, 9.17) is 21.1 Å². The normalized spacial score (nSPS) is 26.3. The fourth-order valence-electron chi connectivity index (χ4n) is 4.84. The molecule has 0 saturated carbocycles. The predicted molar refractivity (Wildman–Crippen MR) is 116 cm³/mol. The SMILES string of the molecule is CC1CN(C(C(=O)NCC2(c3cccc(Cl)c3)CCOCC2)C(C)C)CC(C)O1. The van der Waals surface area contributed by atoms with Gasteiger partial charge in [0.15, 0.2) is 0 Å². The maximum atomic E-state index is 13.3. The Hall–Kier alpha value is -1.14. The summed E-state index contributed by atoms with van der Waals surface area (Å²) in [7, 11) is 0. The highest BCUT2D eigenvalue weighted by molar-refractivity contribution is 6.30. The van der Waals surface area contributed by atoms with Crippen LogP contribution in [0.25, 0.3) is 0 Å². The van der Waals surface area contributed by atoms with Crippen molar-refractivity contribution in [1.82, 2.24) is 10.2 Å². The Labute approximate surface area is 180 Å². The molecule has 0 aliphatic carbocycles. The maximum Gasteiger partial charge on any atom is 0.237 e. The number of hydrogen-bond acceptors (Lipinski definition) is 4. The van der Waals surface area contributed by atoms with E-state index < -0.39 is 0 Å². The van der Waals surface area contributed by atoms with Gasteiger partial charge in [0, 0.05) is 43.3 Å². The lowest BCUT2D eigenvalue weighted by molar-refractivity contribution is -0.135. The molecule has 6 heteroatoms. The van der Waals surface area contributed by atoms with Crippen molar-refractivity contribution in [2.24, 2.45) is 5.92 Å². The van der Waals surface area contributed by atoms with E-state index >= 15 is 0 Å². The number of carbonyl (C=O) groups is 1. The van der Waals surface area contributed by atoms with Gasteiger partial charge in [-0.2, -0.15) is 0 Å². The summed E-state index contributed by atoms with van der Waals surface area (Å²) >= 11 is 6.27. The van der Waals surface area contributed by atoms with Crippen LogP contribution in [-0.4, -0.2) is 61.9 Å². The van der Waals surface area contributed by atoms with E-state index in [9.17, 15) is 4.79 Å². The summed E-state index contributed by atoms with van der Waals surface area (Å²) in [5.41, 5.74) is 1.05. The summed E-state index contributed by atoms with van der Waals surface area (Å²) < 4.78 is 11.5. The lowest BCUT2D eigenvalue weighted by atomic mass is 9.74. The molecule has 5 nitrogen and oxygen atoms in total. The molecule has 0 spiro atoms. The van der Waals surface area contributed by atoms with Crippen LogP contribution >= 0.6 is 11.6 Å². The summed E-state index contributed by atoms with van der Waals surface area (Å²) in [5.74, 6) is 0.332. The van der Waals surface area contributed by atoms with Crippen LogP contribution in [0.1, 0.15) is 46.1 Å². The highest BCUT2D eigenvalue weighted by atomic mass is 35.5. The number of benzene rings is 1. The Morgan fingerprint density at radius 1 is 1.24 bits per heavy atom. The van der Waals surface area contributed by atoms with Crippen molar-refractivity contribution in [2.75, 3.05) is 32.8 Å². The molecule has 0 radical (unpaired) electrons. The van der Waals surface area contributed by atoms with Crippen LogP contribution < -0.4 is 5.32 Å². The third-order valence-corrected chi connectivity index (χ3v) is 6.46. The third kappa shape index (κ3) is 5.52. The molecule has 3 rings (SSSR count). The Morgan fingerprint density at radius 3 is 2.48 bits per heavy atom. The number of amides is 1. The van der Waals surface area contributed by atoms with Gasteiger partial charge in [-0.3, -0.25) is 9.69 Å². The second kappa shape index (κ2) is 9.78. The summed E-state index contributed by atoms with van der Waals surface area (Å²) in [6, 6.07) is 7.88. The number of ether oxygens (including phenoxy) is 2. The monoisotopic (exact) mass is 422 g/mol. The van der Waals surface area contributed by atoms with Crippen molar-refractivity contribution in [3.8, 4) is 0 Å². The molecule has 3 unspecified atom stereocenters. The number of nitrogens with zero attached hydrogens (tertiary/aromatic N) is 1. The first-order valence-corrected chi connectivity index (χ1v) is 11.2. The number of halogens is 1. The Balaban J connectivity index is 1.74. The first-order chi connectivity index (χ1) is 13.8. The van der Waals surface area contributed by atoms with Crippen molar-refractivity contribution in [2.45, 2.75) is 64.2 Å². The molecule has 2 heterocycles. The lowest BCUT2D eigenvalue weighted by Gasteiger charge is -2.42. The first kappa shape index (κ1) is 22.5. The van der Waals surface area contributed by atoms with Crippen LogP contribution in [0.3, 0.4) is 0 Å². The number of carbonyl (C=O) groups excluding carboxylic acids is 1. The van der Waals surface area contributed by atoms with Gasteiger partial charge in [-0.15, -0.1) is 0 Å². The van der Waals surface area contributed by atoms with Gasteiger partial charge < -0.3 is 14.8 Å². The minimum absolute atomic E-state index is 0.106. The number of morpholine rings is 1. The molecular formula is C23H35ClN2O3. The minimum Gasteiger partial charge on any atom is -0.381 e. The molecular weight excluding hydrogens is 388 g/mol. The van der Waals surface area contributed by atoms with E-state index in [-0.39, 0.29) is 35.5 Å². The second-order valence-corrected chi connectivity index (χ2v) is 9.46. The van der Waals surface area contributed by atoms with Crippen molar-refractivity contribution in [1.29, 1.82) is 0 Å². The predicted octanol–water partition coefficient (Wildman–Crippen LogP) is 3.64. The van der Waals surface area contributed by atoms with Gasteiger partial charge in [-0.25, -0.2) is 0 Å². The number of nitrogens with one attached hydrogen (secondary N) is 1. The molecule has 1 N–H and O–H groups in total. The standard InChI is InChI=1S/C23H35ClN2O3/c1-16(2)21(26-13-17(3)29-18(4)14-26)22(27)25-15-23(8-10-28-11-9-23)19-6-5-7-20(24)12-19/h5-7,12,16-18,21H,8-11,13-15H2,1-4H3,(H,25,27). The Bertz CT molecular complexity index is 680. The Kier molecular flexibility index (Phi) is 7.60. The second-order valence-electron chi connectivity index (χ2n) is 9.02. The van der Waals surface area contributed by atoms with Crippen LogP contribution in [0.4, 0.5) is 0 Å². The van der Waals surface area contributed by atoms with Crippen molar-refractivity contribution < 1.29 is 14.3 Å². The molecule has 0 bridgehead atoms. The third-order valence-electron chi connectivity index (χ3n) is 6.23. The zero-order chi connectivity index (χ0) is 21.0. The van der Waals surface area contributed by atoms with E-state index in [1.165, 1.54) is 5.56 Å². The van der Waals surface area contributed by atoms with Gasteiger partial charge in [-0.1, -0.05) is 37.6 Å². The summed E-state index contributed by atoms with van der Waals surface area (Å²) in [4.78, 5) is 15.6. The average Bonchev–Trinajstić information content (AvgIpc) is 2.66. The van der Waals surface area contributed by atoms with Crippen molar-refractivity contribution >= 4 is 17.5 Å². The molecule has 162 valence electrons. The lowest BCUT2D eigenvalue weighted by Crippen LogP contribution is -2.58. The molecule has 0 aromatic heterocycles. The van der Waals surface area contributed by atoms with Crippen molar-refractivity contribution in [3.05, 3.63) is 34.9 Å². The number of hydrogen-bond donors (Lipinski definition) is 1. The highest BCUT2D eigenvalue weighted by Crippen LogP contribution is 2.35. The molecule has 2 aliphatic rings. The van der Waals surface area contributed by atoms with E-state index in [2.05, 4.69) is 44.0 Å². The molecule has 1 amide bonds. The van der Waals surface area contributed by atoms with Crippen LogP contribution in [0, 0.1) is 5.92 Å². The highest BCUT2D eigenvalue weighted by Gasteiger charge is 2.38. The average molecular weight is 423 g/mol. The summed E-state index contributed by atoms with van der Waals surface area (Å²) in [5, 5.41) is 4.03. The largest absolute Gasteiger partial charge is 0.381 e. The Morgan fingerprint density at radius 2 is 1.90 bits per heavy atom. The molecule has 29 heavy (non-hydrogen) atoms. The zero-order valence-electron chi connectivity index (χ0n) is 18.1. The fourth-order valence-corrected chi connectivity index (χ4v) is 5.03. The van der Waals surface area contributed by atoms with Gasteiger partial charge in [-0.05, 0) is 50.3 Å². The first-order valence-electron chi connectivity index (χ1n) is 10.8. The molecule has 1 aromatic carbocycles. The van der Waals surface area contributed by atoms with Gasteiger partial charge >= 0.3 is 0 Å². The molecule has 2 fully saturated rings. The van der Waals surface area contributed by atoms with Gasteiger partial charge in [0.25, 0.3) is 0 Å². The molecule has 3 atom stereocenters. The van der Waals surface area contributed by atoms with Gasteiger partial charge in [0.05, 0.1) is 18.2 Å². The minimum atomic E-state index is -0.153. The fraction of sp³-hybridized carbons (Fsp3) is 0.696. The van der Waals surface area contributed by atoms with E-state index in [1.54, 1.807) is 0 Å². The quantitative estimate of drug-likeness (QED) is 0.760. The van der Waals surface area contributed by atoms with E-state index in [0.717, 1.165) is 31.0 Å². The number of rotatable bonds is 6. The summed E-state index contributed by atoms with van der Waals surface area (Å²) in [6.45, 7) is 12.0. The molecule has 1 aromatic rings.